The molecule has 0 amide bonds. The van der Waals surface area contributed by atoms with Crippen LogP contribution in [0.2, 0.25) is 0 Å². The summed E-state index contributed by atoms with van der Waals surface area (Å²) < 4.78 is 7.23. The molecular formula is C14H23N5O. The number of hydrogen-bond acceptors (Lipinski definition) is 5. The van der Waals surface area contributed by atoms with Crippen LogP contribution in [0.1, 0.15) is 50.5 Å². The lowest BCUT2D eigenvalue weighted by Crippen LogP contribution is -2.33. The van der Waals surface area contributed by atoms with Gasteiger partial charge in [0.25, 0.3) is 0 Å². The van der Waals surface area contributed by atoms with E-state index in [1.165, 1.54) is 5.56 Å². The maximum atomic E-state index is 5.29. The van der Waals surface area contributed by atoms with Crippen molar-refractivity contribution in [2.45, 2.75) is 59.2 Å². The Bertz CT molecular complexity index is 533. The fraction of sp³-hybridized carbons (Fsp3) is 0.643. The van der Waals surface area contributed by atoms with Gasteiger partial charge >= 0.3 is 0 Å². The Morgan fingerprint density at radius 2 is 2.20 bits per heavy atom. The van der Waals surface area contributed by atoms with Crippen LogP contribution >= 0.6 is 0 Å². The van der Waals surface area contributed by atoms with E-state index in [1.54, 1.807) is 0 Å². The van der Waals surface area contributed by atoms with Crippen molar-refractivity contribution in [1.29, 1.82) is 0 Å². The van der Waals surface area contributed by atoms with Crippen molar-refractivity contribution < 1.29 is 4.52 Å². The maximum Gasteiger partial charge on any atom is 0.243 e. The van der Waals surface area contributed by atoms with E-state index in [1.807, 2.05) is 30.9 Å². The molecule has 0 saturated heterocycles. The lowest BCUT2D eigenvalue weighted by Gasteiger charge is -2.17. The normalized spacial score (nSPS) is 14.4. The van der Waals surface area contributed by atoms with Crippen LogP contribution in [0, 0.1) is 6.92 Å². The molecule has 2 aromatic heterocycles. The lowest BCUT2D eigenvalue weighted by atomic mass is 10.2. The standard InChI is InChI=1S/C14H23N5O/c1-5-6-13-17-14(20-18-13)12(4)16-11(3)9-19-8-10(2)7-15-19/h7-8,11-12,16H,5-6,9H2,1-4H3. The number of nitrogens with one attached hydrogen (secondary N) is 1. The summed E-state index contributed by atoms with van der Waals surface area (Å²) in [5.41, 5.74) is 1.17. The molecule has 2 aromatic rings. The van der Waals surface area contributed by atoms with E-state index < -0.39 is 0 Å². The molecule has 0 aliphatic rings. The average molecular weight is 277 g/mol. The molecule has 0 aromatic carbocycles. The molecule has 0 bridgehead atoms. The van der Waals surface area contributed by atoms with Gasteiger partial charge in [-0.25, -0.2) is 0 Å². The molecule has 6 nitrogen and oxygen atoms in total. The van der Waals surface area contributed by atoms with Gasteiger partial charge in [0.2, 0.25) is 5.89 Å². The Balaban J connectivity index is 1.87. The molecule has 2 rings (SSSR count). The lowest BCUT2D eigenvalue weighted by molar-refractivity contribution is 0.314. The molecule has 0 spiro atoms. The van der Waals surface area contributed by atoms with E-state index >= 15 is 0 Å². The van der Waals surface area contributed by atoms with E-state index in [0.29, 0.717) is 5.89 Å². The van der Waals surface area contributed by atoms with E-state index in [-0.39, 0.29) is 12.1 Å². The Morgan fingerprint density at radius 1 is 1.40 bits per heavy atom. The first kappa shape index (κ1) is 14.7. The van der Waals surface area contributed by atoms with Crippen LogP contribution in [0.3, 0.4) is 0 Å². The first-order valence-corrected chi connectivity index (χ1v) is 7.16. The van der Waals surface area contributed by atoms with Crippen LogP contribution in [-0.4, -0.2) is 26.0 Å². The Morgan fingerprint density at radius 3 is 2.85 bits per heavy atom. The van der Waals surface area contributed by atoms with Crippen LogP contribution in [0.4, 0.5) is 0 Å². The predicted molar refractivity (Wildman–Crippen MR) is 76.3 cm³/mol. The van der Waals surface area contributed by atoms with Crippen LogP contribution in [-0.2, 0) is 13.0 Å². The highest BCUT2D eigenvalue weighted by Crippen LogP contribution is 2.11. The number of nitrogens with zero attached hydrogens (tertiary/aromatic N) is 4. The molecule has 0 saturated carbocycles. The third kappa shape index (κ3) is 3.90. The van der Waals surface area contributed by atoms with Crippen molar-refractivity contribution in [2.24, 2.45) is 0 Å². The number of aromatic nitrogens is 4. The minimum Gasteiger partial charge on any atom is -0.338 e. The summed E-state index contributed by atoms with van der Waals surface area (Å²) in [6, 6.07) is 0.311. The van der Waals surface area contributed by atoms with Crippen molar-refractivity contribution >= 4 is 0 Å². The fourth-order valence-corrected chi connectivity index (χ4v) is 2.17. The molecule has 0 aliphatic carbocycles. The zero-order valence-corrected chi connectivity index (χ0v) is 12.6. The van der Waals surface area contributed by atoms with Crippen molar-refractivity contribution in [1.82, 2.24) is 25.2 Å². The monoisotopic (exact) mass is 277 g/mol. The topological polar surface area (TPSA) is 68.8 Å². The van der Waals surface area contributed by atoms with Gasteiger partial charge in [-0.05, 0) is 32.8 Å². The minimum absolute atomic E-state index is 0.0414. The van der Waals surface area contributed by atoms with Crippen molar-refractivity contribution in [3.63, 3.8) is 0 Å². The van der Waals surface area contributed by atoms with Crippen LogP contribution < -0.4 is 5.32 Å². The second-order valence-corrected chi connectivity index (χ2v) is 5.33. The highest BCUT2D eigenvalue weighted by atomic mass is 16.5. The zero-order valence-electron chi connectivity index (χ0n) is 12.6. The summed E-state index contributed by atoms with van der Waals surface area (Å²) in [5.74, 6) is 1.43. The van der Waals surface area contributed by atoms with E-state index in [9.17, 15) is 0 Å². The van der Waals surface area contributed by atoms with Gasteiger partial charge in [-0.1, -0.05) is 12.1 Å². The van der Waals surface area contributed by atoms with Gasteiger partial charge < -0.3 is 9.84 Å². The summed E-state index contributed by atoms with van der Waals surface area (Å²) in [6.07, 6.45) is 5.79. The maximum absolute atomic E-state index is 5.29. The molecule has 0 fully saturated rings. The highest BCUT2D eigenvalue weighted by molar-refractivity contribution is 4.99. The third-order valence-corrected chi connectivity index (χ3v) is 3.09. The van der Waals surface area contributed by atoms with Crippen LogP contribution in [0.25, 0.3) is 0 Å². The second kappa shape index (κ2) is 6.65. The van der Waals surface area contributed by atoms with Gasteiger partial charge in [0.05, 0.1) is 18.8 Å². The van der Waals surface area contributed by atoms with Gasteiger partial charge in [0.1, 0.15) is 0 Å². The second-order valence-electron chi connectivity index (χ2n) is 5.33. The van der Waals surface area contributed by atoms with Gasteiger partial charge in [0, 0.05) is 18.7 Å². The summed E-state index contributed by atoms with van der Waals surface area (Å²) in [4.78, 5) is 4.40. The highest BCUT2D eigenvalue weighted by Gasteiger charge is 2.16. The van der Waals surface area contributed by atoms with E-state index in [2.05, 4.69) is 34.4 Å². The first-order valence-electron chi connectivity index (χ1n) is 7.16. The minimum atomic E-state index is 0.0414. The first-order chi connectivity index (χ1) is 9.58. The van der Waals surface area contributed by atoms with Crippen molar-refractivity contribution in [2.75, 3.05) is 0 Å². The van der Waals surface area contributed by atoms with Gasteiger partial charge in [-0.3, -0.25) is 4.68 Å². The quantitative estimate of drug-likeness (QED) is 0.840. The summed E-state index contributed by atoms with van der Waals surface area (Å²) in [5, 5.41) is 11.7. The molecule has 2 heterocycles. The largest absolute Gasteiger partial charge is 0.338 e. The Kier molecular flexibility index (Phi) is 4.89. The van der Waals surface area contributed by atoms with Crippen molar-refractivity contribution in [3.05, 3.63) is 29.7 Å². The molecule has 1 N–H and O–H groups in total. The Labute approximate surface area is 119 Å². The fourth-order valence-electron chi connectivity index (χ4n) is 2.17. The van der Waals surface area contributed by atoms with Crippen LogP contribution in [0.15, 0.2) is 16.9 Å². The van der Waals surface area contributed by atoms with E-state index in [4.69, 9.17) is 4.52 Å². The number of rotatable bonds is 7. The molecule has 6 heteroatoms. The number of hydrogen-bond donors (Lipinski definition) is 1. The van der Waals surface area contributed by atoms with Gasteiger partial charge in [-0.2, -0.15) is 10.1 Å². The molecule has 2 atom stereocenters. The van der Waals surface area contributed by atoms with Gasteiger partial charge in [0.15, 0.2) is 5.82 Å². The summed E-state index contributed by atoms with van der Waals surface area (Å²) in [6.45, 7) is 9.11. The molecule has 20 heavy (non-hydrogen) atoms. The molecule has 0 aliphatic heterocycles. The van der Waals surface area contributed by atoms with E-state index in [0.717, 1.165) is 25.2 Å². The SMILES string of the molecule is CCCc1noc(C(C)NC(C)Cn2cc(C)cn2)n1. The zero-order chi connectivity index (χ0) is 14.5. The number of aryl methyl sites for hydroxylation is 2. The molecule has 110 valence electrons. The average Bonchev–Trinajstić information content (AvgIpc) is 2.99. The molecule has 0 radical (unpaired) electrons. The third-order valence-electron chi connectivity index (χ3n) is 3.09. The predicted octanol–water partition coefficient (Wildman–Crippen LogP) is 2.27. The molecule has 2 unspecified atom stereocenters. The summed E-state index contributed by atoms with van der Waals surface area (Å²) >= 11 is 0. The molecular weight excluding hydrogens is 254 g/mol. The summed E-state index contributed by atoms with van der Waals surface area (Å²) in [7, 11) is 0. The smallest absolute Gasteiger partial charge is 0.243 e. The van der Waals surface area contributed by atoms with Gasteiger partial charge in [-0.15, -0.1) is 0 Å². The van der Waals surface area contributed by atoms with Crippen molar-refractivity contribution in [3.8, 4) is 0 Å². The van der Waals surface area contributed by atoms with Crippen LogP contribution in [0.5, 0.6) is 0 Å². The Hall–Kier alpha value is -1.69.